The Morgan fingerprint density at radius 3 is 2.69 bits per heavy atom. The Morgan fingerprint density at radius 2 is 1.92 bits per heavy atom. The van der Waals surface area contributed by atoms with E-state index in [1.54, 1.807) is 18.2 Å². The monoisotopic (exact) mass is 176 g/mol. The van der Waals surface area contributed by atoms with Gasteiger partial charge in [0, 0.05) is 17.8 Å². The second-order valence-corrected chi connectivity index (χ2v) is 2.77. The molecule has 0 bridgehead atoms. The summed E-state index contributed by atoms with van der Waals surface area (Å²) < 4.78 is 5.12. The molecular weight excluding hydrogens is 168 g/mol. The van der Waals surface area contributed by atoms with Crippen LogP contribution < -0.4 is 16.9 Å². The second-order valence-electron chi connectivity index (χ2n) is 2.77. The van der Waals surface area contributed by atoms with Crippen LogP contribution in [0.5, 0.6) is 0 Å². The maximum atomic E-state index is 11.3. The second kappa shape index (κ2) is 2.52. The molecule has 0 atom stereocenters. The van der Waals surface area contributed by atoms with E-state index in [2.05, 4.69) is 0 Å². The van der Waals surface area contributed by atoms with Crippen LogP contribution in [-0.2, 0) is 0 Å². The largest absolute Gasteiger partial charge is 0.441 e. The third-order valence-electron chi connectivity index (χ3n) is 1.77. The number of nitrogens with two attached hydrogens (primary N) is 2. The van der Waals surface area contributed by atoms with Crippen LogP contribution in [0.3, 0.4) is 0 Å². The van der Waals surface area contributed by atoms with Crippen molar-refractivity contribution in [3.8, 4) is 0 Å². The van der Waals surface area contributed by atoms with E-state index in [4.69, 9.17) is 15.9 Å². The molecule has 0 aliphatic carbocycles. The number of rotatable bonds is 0. The van der Waals surface area contributed by atoms with Crippen molar-refractivity contribution < 1.29 is 4.42 Å². The molecule has 1 heterocycles. The summed E-state index contributed by atoms with van der Waals surface area (Å²) in [5.74, 6) is 0.100. The fourth-order valence-electron chi connectivity index (χ4n) is 1.19. The van der Waals surface area contributed by atoms with Crippen molar-refractivity contribution in [2.45, 2.75) is 0 Å². The first-order valence-corrected chi connectivity index (χ1v) is 3.76. The molecule has 2 rings (SSSR count). The number of benzene rings is 1. The van der Waals surface area contributed by atoms with Gasteiger partial charge in [0.05, 0.1) is 5.39 Å². The van der Waals surface area contributed by atoms with Crippen LogP contribution in [0.4, 0.5) is 11.6 Å². The van der Waals surface area contributed by atoms with E-state index in [-0.39, 0.29) is 11.3 Å². The van der Waals surface area contributed by atoms with Crippen molar-refractivity contribution in [3.05, 3.63) is 34.5 Å². The fourth-order valence-corrected chi connectivity index (χ4v) is 1.19. The Balaban J connectivity index is 2.95. The average Bonchev–Trinajstić information content (AvgIpc) is 2.02. The number of fused-ring (bicyclic) bond motifs is 1. The van der Waals surface area contributed by atoms with Gasteiger partial charge in [-0.05, 0) is 12.1 Å². The summed E-state index contributed by atoms with van der Waals surface area (Å²) in [4.78, 5) is 11.3. The topological polar surface area (TPSA) is 82.2 Å². The lowest BCUT2D eigenvalue weighted by Gasteiger charge is -1.98. The molecule has 0 saturated carbocycles. The zero-order valence-electron chi connectivity index (χ0n) is 6.78. The minimum Gasteiger partial charge on any atom is -0.441 e. The molecule has 66 valence electrons. The van der Waals surface area contributed by atoms with Crippen molar-refractivity contribution in [1.29, 1.82) is 0 Å². The molecule has 0 aliphatic rings. The van der Waals surface area contributed by atoms with Crippen LogP contribution >= 0.6 is 0 Å². The Bertz CT molecular complexity index is 511. The maximum Gasteiger partial charge on any atom is 0.194 e. The molecule has 0 saturated heterocycles. The quantitative estimate of drug-likeness (QED) is 0.585. The van der Waals surface area contributed by atoms with Crippen LogP contribution in [0, 0.1) is 0 Å². The fraction of sp³-hybridized carbons (Fsp3) is 0. The van der Waals surface area contributed by atoms with Gasteiger partial charge in [0.25, 0.3) is 0 Å². The van der Waals surface area contributed by atoms with Gasteiger partial charge in [-0.25, -0.2) is 0 Å². The molecule has 0 fully saturated rings. The molecule has 1 aromatic carbocycles. The summed E-state index contributed by atoms with van der Waals surface area (Å²) in [6, 6.07) is 6.09. The van der Waals surface area contributed by atoms with Crippen molar-refractivity contribution in [2.24, 2.45) is 0 Å². The van der Waals surface area contributed by atoms with Crippen molar-refractivity contribution in [2.75, 3.05) is 11.5 Å². The third-order valence-corrected chi connectivity index (χ3v) is 1.77. The maximum absolute atomic E-state index is 11.3. The lowest BCUT2D eigenvalue weighted by atomic mass is 10.2. The zero-order chi connectivity index (χ0) is 9.42. The Labute approximate surface area is 73.8 Å². The highest BCUT2D eigenvalue weighted by molar-refractivity contribution is 5.80. The minimum absolute atomic E-state index is 0.100. The molecular formula is C9H8N2O2. The van der Waals surface area contributed by atoms with Gasteiger partial charge in [0.1, 0.15) is 5.58 Å². The van der Waals surface area contributed by atoms with Crippen LogP contribution in [0.1, 0.15) is 0 Å². The predicted molar refractivity (Wildman–Crippen MR) is 51.3 cm³/mol. The number of anilines is 2. The first-order valence-electron chi connectivity index (χ1n) is 3.76. The normalized spacial score (nSPS) is 10.5. The summed E-state index contributed by atoms with van der Waals surface area (Å²) in [5, 5.41) is 0.489. The van der Waals surface area contributed by atoms with Gasteiger partial charge in [-0.15, -0.1) is 0 Å². The molecule has 4 nitrogen and oxygen atoms in total. The van der Waals surface area contributed by atoms with Crippen molar-refractivity contribution in [1.82, 2.24) is 0 Å². The summed E-state index contributed by atoms with van der Waals surface area (Å²) in [5.41, 5.74) is 11.7. The van der Waals surface area contributed by atoms with E-state index < -0.39 is 0 Å². The Morgan fingerprint density at radius 1 is 1.15 bits per heavy atom. The number of hydrogen-bond acceptors (Lipinski definition) is 4. The Kier molecular flexibility index (Phi) is 1.48. The van der Waals surface area contributed by atoms with E-state index in [1.807, 2.05) is 0 Å². The van der Waals surface area contributed by atoms with E-state index in [0.717, 1.165) is 0 Å². The molecule has 0 aliphatic heterocycles. The van der Waals surface area contributed by atoms with Crippen LogP contribution in [-0.4, -0.2) is 0 Å². The summed E-state index contributed by atoms with van der Waals surface area (Å²) >= 11 is 0. The van der Waals surface area contributed by atoms with Gasteiger partial charge in [-0.3, -0.25) is 4.79 Å². The van der Waals surface area contributed by atoms with Gasteiger partial charge in [-0.2, -0.15) is 0 Å². The van der Waals surface area contributed by atoms with Gasteiger partial charge < -0.3 is 15.9 Å². The first-order chi connectivity index (χ1) is 6.16. The van der Waals surface area contributed by atoms with Crippen molar-refractivity contribution in [3.63, 3.8) is 0 Å². The smallest absolute Gasteiger partial charge is 0.194 e. The number of nitrogen functional groups attached to an aromatic ring is 2. The van der Waals surface area contributed by atoms with Crippen LogP contribution in [0.15, 0.2) is 33.5 Å². The van der Waals surface area contributed by atoms with Crippen LogP contribution in [0.2, 0.25) is 0 Å². The molecule has 0 spiro atoms. The Hall–Kier alpha value is -1.97. The van der Waals surface area contributed by atoms with Crippen molar-refractivity contribution >= 4 is 22.5 Å². The highest BCUT2D eigenvalue weighted by atomic mass is 16.3. The van der Waals surface area contributed by atoms with E-state index in [0.29, 0.717) is 16.7 Å². The lowest BCUT2D eigenvalue weighted by Crippen LogP contribution is -2.02. The lowest BCUT2D eigenvalue weighted by molar-refractivity contribution is 0.625. The molecule has 2 aromatic rings. The molecule has 4 N–H and O–H groups in total. The molecule has 1 aromatic heterocycles. The zero-order valence-corrected chi connectivity index (χ0v) is 6.78. The molecule has 13 heavy (non-hydrogen) atoms. The van der Waals surface area contributed by atoms with E-state index in [9.17, 15) is 4.79 Å². The summed E-state index contributed by atoms with van der Waals surface area (Å²) in [7, 11) is 0. The standard InChI is InChI=1S/C9H8N2O2/c10-5-1-2-6-7(12)4-9(11)13-8(6)3-5/h1-4H,10-11H2. The first kappa shape index (κ1) is 7.67. The SMILES string of the molecule is Nc1ccc2c(=O)cc(N)oc2c1. The van der Waals surface area contributed by atoms with E-state index >= 15 is 0 Å². The van der Waals surface area contributed by atoms with Gasteiger partial charge in [0.2, 0.25) is 0 Å². The summed E-state index contributed by atoms with van der Waals surface area (Å²) in [6.07, 6.45) is 0. The molecule has 4 heteroatoms. The molecule has 0 radical (unpaired) electrons. The molecule has 0 unspecified atom stereocenters. The summed E-state index contributed by atoms with van der Waals surface area (Å²) in [6.45, 7) is 0. The minimum atomic E-state index is -0.154. The van der Waals surface area contributed by atoms with Crippen LogP contribution in [0.25, 0.3) is 11.0 Å². The highest BCUT2D eigenvalue weighted by Gasteiger charge is 2.01. The van der Waals surface area contributed by atoms with E-state index in [1.165, 1.54) is 6.07 Å². The molecule has 0 amide bonds. The third kappa shape index (κ3) is 1.22. The average molecular weight is 176 g/mol. The predicted octanol–water partition coefficient (Wildman–Crippen LogP) is 0.957. The van der Waals surface area contributed by atoms with Gasteiger partial charge in [-0.1, -0.05) is 0 Å². The number of hydrogen-bond donors (Lipinski definition) is 2. The highest BCUT2D eigenvalue weighted by Crippen LogP contribution is 2.16. The van der Waals surface area contributed by atoms with Gasteiger partial charge >= 0.3 is 0 Å². The van der Waals surface area contributed by atoms with Gasteiger partial charge in [0.15, 0.2) is 11.3 Å².